The Bertz CT molecular complexity index is 635. The molecule has 1 N–H and O–H groups in total. The van der Waals surface area contributed by atoms with Crippen molar-refractivity contribution in [3.8, 4) is 22.9 Å². The lowest BCUT2D eigenvalue weighted by atomic mass is 10.1. The van der Waals surface area contributed by atoms with E-state index in [0.29, 0.717) is 16.7 Å². The SMILES string of the molecule is CCCc1nc(-c2ccc(O)c(OC)c2)nc(Cl)c1Br. The van der Waals surface area contributed by atoms with Crippen LogP contribution in [0, 0.1) is 0 Å². The summed E-state index contributed by atoms with van der Waals surface area (Å²) >= 11 is 9.54. The zero-order valence-corrected chi connectivity index (χ0v) is 13.5. The first-order valence-electron chi connectivity index (χ1n) is 6.16. The summed E-state index contributed by atoms with van der Waals surface area (Å²) in [5, 5.41) is 10.0. The summed E-state index contributed by atoms with van der Waals surface area (Å²) in [6, 6.07) is 4.96. The van der Waals surface area contributed by atoms with Gasteiger partial charge in [-0.1, -0.05) is 24.9 Å². The zero-order chi connectivity index (χ0) is 14.7. The van der Waals surface area contributed by atoms with E-state index >= 15 is 0 Å². The molecular formula is C14H14BrClN2O2. The van der Waals surface area contributed by atoms with Gasteiger partial charge in [0.25, 0.3) is 0 Å². The summed E-state index contributed by atoms with van der Waals surface area (Å²) in [6.07, 6.45) is 1.77. The zero-order valence-electron chi connectivity index (χ0n) is 11.2. The number of aromatic hydroxyl groups is 1. The molecule has 2 rings (SSSR count). The molecule has 1 heterocycles. The fraction of sp³-hybridized carbons (Fsp3) is 0.286. The summed E-state index contributed by atoms with van der Waals surface area (Å²) in [6.45, 7) is 2.08. The van der Waals surface area contributed by atoms with E-state index in [-0.39, 0.29) is 5.75 Å². The minimum Gasteiger partial charge on any atom is -0.504 e. The second kappa shape index (κ2) is 6.41. The maximum absolute atomic E-state index is 9.62. The van der Waals surface area contributed by atoms with E-state index in [1.165, 1.54) is 7.11 Å². The molecule has 20 heavy (non-hydrogen) atoms. The maximum atomic E-state index is 9.62. The van der Waals surface area contributed by atoms with Crippen molar-refractivity contribution in [2.45, 2.75) is 19.8 Å². The smallest absolute Gasteiger partial charge is 0.161 e. The normalized spacial score (nSPS) is 10.6. The van der Waals surface area contributed by atoms with Crippen LogP contribution in [0.15, 0.2) is 22.7 Å². The highest BCUT2D eigenvalue weighted by atomic mass is 79.9. The van der Waals surface area contributed by atoms with Crippen LogP contribution in [-0.2, 0) is 6.42 Å². The Morgan fingerprint density at radius 1 is 1.35 bits per heavy atom. The number of hydrogen-bond donors (Lipinski definition) is 1. The molecule has 1 aromatic carbocycles. The second-order valence-electron chi connectivity index (χ2n) is 4.24. The standard InChI is InChI=1S/C14H14BrClN2O2/c1-3-4-9-12(15)13(16)18-14(17-9)8-5-6-10(19)11(7-8)20-2/h5-7,19H,3-4H2,1-2H3. The largest absolute Gasteiger partial charge is 0.504 e. The quantitative estimate of drug-likeness (QED) is 0.832. The molecule has 4 nitrogen and oxygen atoms in total. The number of hydrogen-bond acceptors (Lipinski definition) is 4. The molecule has 0 amide bonds. The third-order valence-electron chi connectivity index (χ3n) is 2.80. The first-order chi connectivity index (χ1) is 9.56. The van der Waals surface area contributed by atoms with Crippen LogP contribution in [0.25, 0.3) is 11.4 Å². The van der Waals surface area contributed by atoms with Gasteiger partial charge in [0.05, 0.1) is 17.3 Å². The van der Waals surface area contributed by atoms with Crippen LogP contribution < -0.4 is 4.74 Å². The van der Waals surface area contributed by atoms with Crippen molar-refractivity contribution in [3.63, 3.8) is 0 Å². The van der Waals surface area contributed by atoms with E-state index in [1.807, 2.05) is 0 Å². The van der Waals surface area contributed by atoms with Gasteiger partial charge in [-0.2, -0.15) is 0 Å². The number of benzene rings is 1. The molecule has 1 aromatic heterocycles. The van der Waals surface area contributed by atoms with Crippen LogP contribution >= 0.6 is 27.5 Å². The van der Waals surface area contributed by atoms with E-state index < -0.39 is 0 Å². The summed E-state index contributed by atoms with van der Waals surface area (Å²) < 4.78 is 5.82. The first-order valence-corrected chi connectivity index (χ1v) is 7.33. The van der Waals surface area contributed by atoms with Gasteiger partial charge in [-0.15, -0.1) is 0 Å². The molecule has 0 radical (unpaired) electrons. The van der Waals surface area contributed by atoms with Crippen molar-refractivity contribution in [2.24, 2.45) is 0 Å². The fourth-order valence-electron chi connectivity index (χ4n) is 1.81. The predicted molar refractivity (Wildman–Crippen MR) is 82.4 cm³/mol. The highest BCUT2D eigenvalue weighted by Gasteiger charge is 2.13. The first kappa shape index (κ1) is 15.1. The average Bonchev–Trinajstić information content (AvgIpc) is 2.44. The lowest BCUT2D eigenvalue weighted by molar-refractivity contribution is 0.373. The Kier molecular flexibility index (Phi) is 4.83. The number of ether oxygens (including phenoxy) is 1. The lowest BCUT2D eigenvalue weighted by Crippen LogP contribution is -1.98. The van der Waals surface area contributed by atoms with Crippen LogP contribution in [0.2, 0.25) is 5.15 Å². The topological polar surface area (TPSA) is 55.2 Å². The van der Waals surface area contributed by atoms with Crippen molar-refractivity contribution >= 4 is 27.5 Å². The minimum absolute atomic E-state index is 0.0771. The Labute approximate surface area is 130 Å². The molecule has 2 aromatic rings. The van der Waals surface area contributed by atoms with E-state index in [2.05, 4.69) is 32.8 Å². The molecule has 6 heteroatoms. The van der Waals surface area contributed by atoms with Gasteiger partial charge in [-0.05, 0) is 40.5 Å². The number of nitrogens with zero attached hydrogens (tertiary/aromatic N) is 2. The van der Waals surface area contributed by atoms with Crippen LogP contribution in [-0.4, -0.2) is 22.2 Å². The molecule has 0 fully saturated rings. The molecule has 0 saturated heterocycles. The highest BCUT2D eigenvalue weighted by molar-refractivity contribution is 9.10. The van der Waals surface area contributed by atoms with E-state index in [9.17, 15) is 5.11 Å². The molecule has 106 valence electrons. The van der Waals surface area contributed by atoms with Crippen LogP contribution in [0.3, 0.4) is 0 Å². The summed E-state index contributed by atoms with van der Waals surface area (Å²) in [5.41, 5.74) is 1.61. The van der Waals surface area contributed by atoms with Crippen molar-refractivity contribution in [1.29, 1.82) is 0 Å². The molecule has 0 saturated carbocycles. The molecule has 0 aliphatic carbocycles. The highest BCUT2D eigenvalue weighted by Crippen LogP contribution is 2.32. The van der Waals surface area contributed by atoms with E-state index in [4.69, 9.17) is 16.3 Å². The average molecular weight is 358 g/mol. The van der Waals surface area contributed by atoms with Gasteiger partial charge >= 0.3 is 0 Å². The van der Waals surface area contributed by atoms with Crippen LogP contribution in [0.1, 0.15) is 19.0 Å². The third kappa shape index (κ3) is 3.04. The van der Waals surface area contributed by atoms with Crippen molar-refractivity contribution in [3.05, 3.63) is 33.5 Å². The van der Waals surface area contributed by atoms with Gasteiger partial charge in [-0.25, -0.2) is 9.97 Å². The number of phenols is 1. The number of methoxy groups -OCH3 is 1. The maximum Gasteiger partial charge on any atom is 0.161 e. The molecule has 0 spiro atoms. The van der Waals surface area contributed by atoms with Crippen LogP contribution in [0.4, 0.5) is 0 Å². The molecule has 0 aliphatic heterocycles. The second-order valence-corrected chi connectivity index (χ2v) is 5.39. The number of rotatable bonds is 4. The Balaban J connectivity index is 2.52. The molecular weight excluding hydrogens is 344 g/mol. The monoisotopic (exact) mass is 356 g/mol. The van der Waals surface area contributed by atoms with E-state index in [1.54, 1.807) is 18.2 Å². The Morgan fingerprint density at radius 2 is 2.10 bits per heavy atom. The molecule has 0 unspecified atom stereocenters. The number of phenolic OH excluding ortho intramolecular Hbond substituents is 1. The van der Waals surface area contributed by atoms with Gasteiger partial charge in [0.15, 0.2) is 17.3 Å². The summed E-state index contributed by atoms with van der Waals surface area (Å²) in [4.78, 5) is 8.78. The minimum atomic E-state index is 0.0771. The molecule has 0 aliphatic rings. The number of halogens is 2. The van der Waals surface area contributed by atoms with Crippen molar-refractivity contribution in [2.75, 3.05) is 7.11 Å². The van der Waals surface area contributed by atoms with Gasteiger partial charge in [0.2, 0.25) is 0 Å². The molecule has 0 bridgehead atoms. The Hall–Kier alpha value is -1.33. The van der Waals surface area contributed by atoms with Gasteiger partial charge in [-0.3, -0.25) is 0 Å². The summed E-state index contributed by atoms with van der Waals surface area (Å²) in [7, 11) is 1.50. The van der Waals surface area contributed by atoms with Gasteiger partial charge in [0.1, 0.15) is 5.15 Å². The number of aryl methyl sites for hydroxylation is 1. The van der Waals surface area contributed by atoms with Gasteiger partial charge < -0.3 is 9.84 Å². The number of aromatic nitrogens is 2. The van der Waals surface area contributed by atoms with Crippen molar-refractivity contribution < 1.29 is 9.84 Å². The summed E-state index contributed by atoms with van der Waals surface area (Å²) in [5.74, 6) is 0.968. The Morgan fingerprint density at radius 3 is 2.75 bits per heavy atom. The molecule has 0 atom stereocenters. The van der Waals surface area contributed by atoms with Gasteiger partial charge in [0, 0.05) is 5.56 Å². The third-order valence-corrected chi connectivity index (χ3v) is 4.14. The van der Waals surface area contributed by atoms with Crippen LogP contribution in [0.5, 0.6) is 11.5 Å². The fourth-order valence-corrected chi connectivity index (χ4v) is 2.38. The van der Waals surface area contributed by atoms with E-state index in [0.717, 1.165) is 28.6 Å². The predicted octanol–water partition coefficient (Wildman–Crippen LogP) is 4.23. The van der Waals surface area contributed by atoms with Crippen molar-refractivity contribution in [1.82, 2.24) is 9.97 Å². The lowest BCUT2D eigenvalue weighted by Gasteiger charge is -2.09.